The lowest BCUT2D eigenvalue weighted by atomic mass is 10.2. The fourth-order valence-corrected chi connectivity index (χ4v) is 1.14. The second kappa shape index (κ2) is 6.04. The van der Waals surface area contributed by atoms with Gasteiger partial charge in [0.15, 0.2) is 0 Å². The van der Waals surface area contributed by atoms with Crippen LogP contribution in [0, 0.1) is 5.92 Å². The highest BCUT2D eigenvalue weighted by molar-refractivity contribution is 5.78. The molecule has 0 aliphatic carbocycles. The second-order valence-corrected chi connectivity index (χ2v) is 3.43. The topological polar surface area (TPSA) is 20.3 Å². The highest BCUT2D eigenvalue weighted by Gasteiger charge is 2.13. The fraction of sp³-hybridized carbons (Fsp3) is 0.900. The second-order valence-electron chi connectivity index (χ2n) is 3.43. The predicted octanol–water partition coefficient (Wildman–Crippen LogP) is 2.29. The SMILES string of the molecule is CCCCN(CC)C(=O)C(C)C. The molecule has 2 heteroatoms. The maximum atomic E-state index is 11.5. The van der Waals surface area contributed by atoms with Gasteiger partial charge in [-0.2, -0.15) is 0 Å². The summed E-state index contributed by atoms with van der Waals surface area (Å²) in [6.07, 6.45) is 2.27. The minimum atomic E-state index is 0.141. The van der Waals surface area contributed by atoms with Gasteiger partial charge in [-0.25, -0.2) is 0 Å². The van der Waals surface area contributed by atoms with Gasteiger partial charge in [0.2, 0.25) is 5.91 Å². The number of unbranched alkanes of at least 4 members (excludes halogenated alkanes) is 1. The maximum absolute atomic E-state index is 11.5. The van der Waals surface area contributed by atoms with Crippen LogP contribution in [0.25, 0.3) is 0 Å². The van der Waals surface area contributed by atoms with Crippen molar-refractivity contribution in [2.45, 2.75) is 40.5 Å². The van der Waals surface area contributed by atoms with Crippen LogP contribution in [0.5, 0.6) is 0 Å². The monoisotopic (exact) mass is 171 g/mol. The number of amides is 1. The Labute approximate surface area is 75.9 Å². The van der Waals surface area contributed by atoms with Crippen LogP contribution >= 0.6 is 0 Å². The summed E-state index contributed by atoms with van der Waals surface area (Å²) in [5, 5.41) is 0. The summed E-state index contributed by atoms with van der Waals surface area (Å²) in [6.45, 7) is 9.86. The number of rotatable bonds is 5. The van der Waals surface area contributed by atoms with E-state index in [1.54, 1.807) is 0 Å². The van der Waals surface area contributed by atoms with E-state index in [1.807, 2.05) is 25.7 Å². The number of carbonyl (C=O) groups is 1. The molecule has 0 N–H and O–H groups in total. The molecule has 0 aromatic rings. The zero-order chi connectivity index (χ0) is 9.56. The lowest BCUT2D eigenvalue weighted by Gasteiger charge is -2.22. The Morgan fingerprint density at radius 2 is 1.92 bits per heavy atom. The molecular formula is C10H21NO. The Morgan fingerprint density at radius 3 is 2.25 bits per heavy atom. The Kier molecular flexibility index (Phi) is 5.77. The van der Waals surface area contributed by atoms with Gasteiger partial charge >= 0.3 is 0 Å². The van der Waals surface area contributed by atoms with Gasteiger partial charge in [0.1, 0.15) is 0 Å². The number of nitrogens with zero attached hydrogens (tertiary/aromatic N) is 1. The van der Waals surface area contributed by atoms with E-state index in [0.717, 1.165) is 25.9 Å². The summed E-state index contributed by atoms with van der Waals surface area (Å²) in [5.74, 6) is 0.424. The molecule has 0 radical (unpaired) electrons. The van der Waals surface area contributed by atoms with Gasteiger partial charge in [-0.3, -0.25) is 4.79 Å². The molecule has 0 heterocycles. The van der Waals surface area contributed by atoms with E-state index >= 15 is 0 Å². The molecular weight excluding hydrogens is 150 g/mol. The molecule has 0 unspecified atom stereocenters. The number of hydrogen-bond donors (Lipinski definition) is 0. The van der Waals surface area contributed by atoms with Crippen LogP contribution in [0.4, 0.5) is 0 Å². The first-order valence-corrected chi connectivity index (χ1v) is 4.92. The van der Waals surface area contributed by atoms with E-state index in [0.29, 0.717) is 0 Å². The molecule has 2 nitrogen and oxygen atoms in total. The lowest BCUT2D eigenvalue weighted by molar-refractivity contribution is -0.134. The third-order valence-corrected chi connectivity index (χ3v) is 1.97. The van der Waals surface area contributed by atoms with Gasteiger partial charge in [0.05, 0.1) is 0 Å². The van der Waals surface area contributed by atoms with Crippen molar-refractivity contribution in [3.8, 4) is 0 Å². The third-order valence-electron chi connectivity index (χ3n) is 1.97. The Balaban J connectivity index is 3.88. The molecule has 0 atom stereocenters. The minimum absolute atomic E-state index is 0.141. The van der Waals surface area contributed by atoms with Crippen molar-refractivity contribution in [1.82, 2.24) is 4.90 Å². The number of carbonyl (C=O) groups excluding carboxylic acids is 1. The largest absolute Gasteiger partial charge is 0.343 e. The Bertz CT molecular complexity index is 132. The number of hydrogen-bond acceptors (Lipinski definition) is 1. The van der Waals surface area contributed by atoms with Crippen molar-refractivity contribution >= 4 is 5.91 Å². The van der Waals surface area contributed by atoms with Crippen molar-refractivity contribution in [3.63, 3.8) is 0 Å². The first kappa shape index (κ1) is 11.5. The van der Waals surface area contributed by atoms with Crippen molar-refractivity contribution in [1.29, 1.82) is 0 Å². The van der Waals surface area contributed by atoms with Crippen molar-refractivity contribution in [2.24, 2.45) is 5.92 Å². The van der Waals surface area contributed by atoms with E-state index in [1.165, 1.54) is 0 Å². The van der Waals surface area contributed by atoms with Crippen LogP contribution in [0.3, 0.4) is 0 Å². The fourth-order valence-electron chi connectivity index (χ4n) is 1.14. The molecule has 0 rings (SSSR count). The van der Waals surface area contributed by atoms with Gasteiger partial charge < -0.3 is 4.90 Å². The standard InChI is InChI=1S/C10H21NO/c1-5-7-8-11(6-2)10(12)9(3)4/h9H,5-8H2,1-4H3. The van der Waals surface area contributed by atoms with Crippen LogP contribution in [-0.4, -0.2) is 23.9 Å². The molecule has 0 aromatic carbocycles. The quantitative estimate of drug-likeness (QED) is 0.621. The van der Waals surface area contributed by atoms with Gasteiger partial charge in [0.25, 0.3) is 0 Å². The normalized spacial score (nSPS) is 10.4. The maximum Gasteiger partial charge on any atom is 0.225 e. The molecule has 0 aliphatic rings. The Hall–Kier alpha value is -0.530. The zero-order valence-corrected chi connectivity index (χ0v) is 8.76. The molecule has 0 saturated carbocycles. The highest BCUT2D eigenvalue weighted by Crippen LogP contribution is 2.02. The predicted molar refractivity (Wildman–Crippen MR) is 52.0 cm³/mol. The van der Waals surface area contributed by atoms with Crippen LogP contribution in [0.15, 0.2) is 0 Å². The molecule has 0 aromatic heterocycles. The first-order valence-electron chi connectivity index (χ1n) is 4.92. The third kappa shape index (κ3) is 3.74. The van der Waals surface area contributed by atoms with Crippen LogP contribution < -0.4 is 0 Å². The summed E-state index contributed by atoms with van der Waals surface area (Å²) >= 11 is 0. The molecule has 0 saturated heterocycles. The van der Waals surface area contributed by atoms with Gasteiger partial charge in [-0.05, 0) is 13.3 Å². The lowest BCUT2D eigenvalue weighted by Crippen LogP contribution is -2.34. The van der Waals surface area contributed by atoms with Gasteiger partial charge in [0, 0.05) is 19.0 Å². The van der Waals surface area contributed by atoms with Crippen LogP contribution in [0.1, 0.15) is 40.5 Å². The van der Waals surface area contributed by atoms with E-state index in [2.05, 4.69) is 6.92 Å². The summed E-state index contributed by atoms with van der Waals surface area (Å²) < 4.78 is 0. The summed E-state index contributed by atoms with van der Waals surface area (Å²) in [4.78, 5) is 13.4. The molecule has 1 amide bonds. The van der Waals surface area contributed by atoms with E-state index in [9.17, 15) is 4.79 Å². The summed E-state index contributed by atoms with van der Waals surface area (Å²) in [7, 11) is 0. The summed E-state index contributed by atoms with van der Waals surface area (Å²) in [5.41, 5.74) is 0. The molecule has 0 fully saturated rings. The smallest absolute Gasteiger partial charge is 0.225 e. The van der Waals surface area contributed by atoms with Crippen LogP contribution in [-0.2, 0) is 4.79 Å². The molecule has 12 heavy (non-hydrogen) atoms. The molecule has 0 bridgehead atoms. The van der Waals surface area contributed by atoms with Crippen molar-refractivity contribution in [2.75, 3.05) is 13.1 Å². The zero-order valence-electron chi connectivity index (χ0n) is 8.76. The van der Waals surface area contributed by atoms with Crippen LogP contribution in [0.2, 0.25) is 0 Å². The Morgan fingerprint density at radius 1 is 1.33 bits per heavy atom. The van der Waals surface area contributed by atoms with E-state index in [-0.39, 0.29) is 11.8 Å². The average molecular weight is 171 g/mol. The van der Waals surface area contributed by atoms with Crippen molar-refractivity contribution < 1.29 is 4.79 Å². The average Bonchev–Trinajstić information content (AvgIpc) is 2.05. The minimum Gasteiger partial charge on any atom is -0.343 e. The van der Waals surface area contributed by atoms with Gasteiger partial charge in [-0.15, -0.1) is 0 Å². The van der Waals surface area contributed by atoms with E-state index < -0.39 is 0 Å². The van der Waals surface area contributed by atoms with Gasteiger partial charge in [-0.1, -0.05) is 27.2 Å². The molecule has 0 spiro atoms. The first-order chi connectivity index (χ1) is 5.63. The molecule has 0 aliphatic heterocycles. The van der Waals surface area contributed by atoms with E-state index in [4.69, 9.17) is 0 Å². The molecule has 72 valence electrons. The summed E-state index contributed by atoms with van der Waals surface area (Å²) in [6, 6.07) is 0. The van der Waals surface area contributed by atoms with Crippen molar-refractivity contribution in [3.05, 3.63) is 0 Å². The highest BCUT2D eigenvalue weighted by atomic mass is 16.2.